The third-order valence-corrected chi connectivity index (χ3v) is 2.59. The largest absolute Gasteiger partial charge is 0.350 e. The normalized spacial score (nSPS) is 10.7. The first-order valence-corrected chi connectivity index (χ1v) is 5.97. The first-order valence-electron chi connectivity index (χ1n) is 5.97. The van der Waals surface area contributed by atoms with Crippen LogP contribution in [-0.2, 0) is 4.79 Å². The van der Waals surface area contributed by atoms with Crippen LogP contribution in [0.5, 0.6) is 0 Å². The van der Waals surface area contributed by atoms with Gasteiger partial charge in [-0.3, -0.25) is 9.59 Å². The molecule has 0 fully saturated rings. The zero-order valence-corrected chi connectivity index (χ0v) is 11.9. The van der Waals surface area contributed by atoms with Gasteiger partial charge >= 0.3 is 0 Å². The number of hydrogen-bond acceptors (Lipinski definition) is 3. The Balaban J connectivity index is 0.00000400. The molecule has 0 saturated carbocycles. The van der Waals surface area contributed by atoms with Gasteiger partial charge in [0.15, 0.2) is 5.78 Å². The summed E-state index contributed by atoms with van der Waals surface area (Å²) in [5.74, 6) is -4.64. The third kappa shape index (κ3) is 7.10. The van der Waals surface area contributed by atoms with Crippen molar-refractivity contribution in [2.75, 3.05) is 13.1 Å². The number of carbonyl (C=O) groups excluding carboxylic acids is 2. The van der Waals surface area contributed by atoms with Crippen LogP contribution < -0.4 is 11.1 Å². The summed E-state index contributed by atoms with van der Waals surface area (Å²) in [5, 5.41) is 2.01. The lowest BCUT2D eigenvalue weighted by Gasteiger charge is -2.14. The molecule has 3 N–H and O–H groups in total. The number of hydrogen-bond donors (Lipinski definition) is 2. The van der Waals surface area contributed by atoms with Crippen LogP contribution in [0.4, 0.5) is 13.2 Å². The molecule has 0 radical (unpaired) electrons. The maximum atomic E-state index is 12.8. The average Bonchev–Trinajstić information content (AvgIpc) is 2.43. The van der Waals surface area contributed by atoms with Crippen molar-refractivity contribution in [3.63, 3.8) is 0 Å². The number of ketones is 1. The van der Waals surface area contributed by atoms with Gasteiger partial charge in [-0.25, -0.2) is 13.2 Å². The molecule has 0 aliphatic heterocycles. The van der Waals surface area contributed by atoms with E-state index in [2.05, 4.69) is 0 Å². The standard InChI is InChI=1S/C13H15F3N2O2.ClH/c14-10-3-1-9(2-4-10)11(19)5-6-12(20)18-8-13(15,16)7-17;/h1-4H,5-8,17H2,(H,18,20);1H. The zero-order valence-electron chi connectivity index (χ0n) is 11.1. The number of alkyl halides is 2. The molecule has 0 atom stereocenters. The number of Topliss-reactive ketones (excluding diaryl/α,β-unsaturated/α-hetero) is 1. The number of rotatable bonds is 7. The molecule has 118 valence electrons. The first kappa shape index (κ1) is 19.4. The highest BCUT2D eigenvalue weighted by Gasteiger charge is 2.27. The molecule has 1 rings (SSSR count). The number of nitrogens with two attached hydrogens (primary N) is 1. The zero-order chi connectivity index (χ0) is 15.2. The molecule has 8 heteroatoms. The Kier molecular flexibility index (Phi) is 7.98. The van der Waals surface area contributed by atoms with E-state index in [-0.39, 0.29) is 36.6 Å². The Morgan fingerprint density at radius 3 is 2.24 bits per heavy atom. The van der Waals surface area contributed by atoms with Gasteiger partial charge in [-0.05, 0) is 24.3 Å². The maximum absolute atomic E-state index is 12.8. The Bertz CT molecular complexity index is 481. The average molecular weight is 325 g/mol. The van der Waals surface area contributed by atoms with Gasteiger partial charge in [-0.1, -0.05) is 0 Å². The summed E-state index contributed by atoms with van der Waals surface area (Å²) in [5.41, 5.74) is 5.09. The van der Waals surface area contributed by atoms with Crippen LogP contribution in [0.3, 0.4) is 0 Å². The lowest BCUT2D eigenvalue weighted by atomic mass is 10.1. The van der Waals surface area contributed by atoms with Crippen molar-refractivity contribution in [1.82, 2.24) is 5.32 Å². The number of halogens is 4. The van der Waals surface area contributed by atoms with E-state index >= 15 is 0 Å². The highest BCUT2D eigenvalue weighted by Crippen LogP contribution is 2.10. The summed E-state index contributed by atoms with van der Waals surface area (Å²) in [6.07, 6.45) is -0.345. The van der Waals surface area contributed by atoms with Gasteiger partial charge in [0.2, 0.25) is 5.91 Å². The molecule has 0 bridgehead atoms. The van der Waals surface area contributed by atoms with Crippen molar-refractivity contribution in [2.45, 2.75) is 18.8 Å². The number of amides is 1. The van der Waals surface area contributed by atoms with E-state index in [0.29, 0.717) is 0 Å². The second-order valence-corrected chi connectivity index (χ2v) is 4.27. The Morgan fingerprint density at radius 1 is 1.14 bits per heavy atom. The van der Waals surface area contributed by atoms with Crippen molar-refractivity contribution in [1.29, 1.82) is 0 Å². The third-order valence-electron chi connectivity index (χ3n) is 2.59. The Morgan fingerprint density at radius 2 is 1.71 bits per heavy atom. The fraction of sp³-hybridized carbons (Fsp3) is 0.385. The van der Waals surface area contributed by atoms with Gasteiger partial charge in [0.05, 0.1) is 13.1 Å². The Labute approximate surface area is 126 Å². The summed E-state index contributed by atoms with van der Waals surface area (Å²) in [4.78, 5) is 22.9. The first-order chi connectivity index (χ1) is 9.34. The molecule has 0 spiro atoms. The van der Waals surface area contributed by atoms with Gasteiger partial charge in [-0.15, -0.1) is 12.4 Å². The lowest BCUT2D eigenvalue weighted by molar-refractivity contribution is -0.122. The minimum absolute atomic E-state index is 0. The molecule has 0 aromatic heterocycles. The van der Waals surface area contributed by atoms with Crippen LogP contribution >= 0.6 is 12.4 Å². The van der Waals surface area contributed by atoms with E-state index in [0.717, 1.165) is 12.1 Å². The fourth-order valence-corrected chi connectivity index (χ4v) is 1.40. The van der Waals surface area contributed by atoms with Crippen molar-refractivity contribution >= 4 is 24.1 Å². The van der Waals surface area contributed by atoms with Crippen LogP contribution in [0.25, 0.3) is 0 Å². The van der Waals surface area contributed by atoms with E-state index in [1.54, 1.807) is 0 Å². The molecule has 0 heterocycles. The maximum Gasteiger partial charge on any atom is 0.277 e. The van der Waals surface area contributed by atoms with E-state index in [9.17, 15) is 22.8 Å². The predicted molar refractivity (Wildman–Crippen MR) is 74.2 cm³/mol. The van der Waals surface area contributed by atoms with Gasteiger partial charge in [0.1, 0.15) is 5.82 Å². The van der Waals surface area contributed by atoms with Crippen LogP contribution in [-0.4, -0.2) is 30.7 Å². The fourth-order valence-electron chi connectivity index (χ4n) is 1.40. The topological polar surface area (TPSA) is 72.2 Å². The molecule has 0 unspecified atom stereocenters. The highest BCUT2D eigenvalue weighted by atomic mass is 35.5. The second-order valence-electron chi connectivity index (χ2n) is 4.27. The van der Waals surface area contributed by atoms with E-state index in [4.69, 9.17) is 5.73 Å². The Hall–Kier alpha value is -1.60. The summed E-state index contributed by atoms with van der Waals surface area (Å²) in [6.45, 7) is -1.71. The van der Waals surface area contributed by atoms with Gasteiger partial charge in [0, 0.05) is 18.4 Å². The van der Waals surface area contributed by atoms with Crippen molar-refractivity contribution < 1.29 is 22.8 Å². The molecule has 1 aromatic carbocycles. The van der Waals surface area contributed by atoms with Crippen molar-refractivity contribution in [3.8, 4) is 0 Å². The minimum atomic E-state index is -3.16. The van der Waals surface area contributed by atoms with E-state index < -0.39 is 30.7 Å². The molecule has 21 heavy (non-hydrogen) atoms. The number of benzene rings is 1. The molecular formula is C13H16ClF3N2O2. The quantitative estimate of drug-likeness (QED) is 0.753. The van der Waals surface area contributed by atoms with Crippen LogP contribution in [0.1, 0.15) is 23.2 Å². The van der Waals surface area contributed by atoms with Crippen LogP contribution in [0.15, 0.2) is 24.3 Å². The molecule has 4 nitrogen and oxygen atoms in total. The molecule has 0 aliphatic rings. The summed E-state index contributed by atoms with van der Waals surface area (Å²) < 4.78 is 38.2. The lowest BCUT2D eigenvalue weighted by Crippen LogP contribution is -2.41. The number of nitrogens with one attached hydrogen (secondary N) is 1. The summed E-state index contributed by atoms with van der Waals surface area (Å²) in [7, 11) is 0. The van der Waals surface area contributed by atoms with Gasteiger partial charge in [-0.2, -0.15) is 0 Å². The minimum Gasteiger partial charge on any atom is -0.350 e. The molecule has 0 saturated heterocycles. The molecule has 1 aromatic rings. The van der Waals surface area contributed by atoms with Crippen molar-refractivity contribution in [2.24, 2.45) is 5.73 Å². The van der Waals surface area contributed by atoms with Crippen molar-refractivity contribution in [3.05, 3.63) is 35.6 Å². The summed E-state index contributed by atoms with van der Waals surface area (Å²) in [6, 6.07) is 4.88. The van der Waals surface area contributed by atoms with Gasteiger partial charge in [0.25, 0.3) is 5.92 Å². The molecular weight excluding hydrogens is 309 g/mol. The predicted octanol–water partition coefficient (Wildman–Crippen LogP) is 1.92. The summed E-state index contributed by atoms with van der Waals surface area (Å²) >= 11 is 0. The van der Waals surface area contributed by atoms with Gasteiger partial charge < -0.3 is 11.1 Å². The van der Waals surface area contributed by atoms with E-state index in [1.807, 2.05) is 5.32 Å². The second kappa shape index (κ2) is 8.63. The SMILES string of the molecule is Cl.NCC(F)(F)CNC(=O)CCC(=O)c1ccc(F)cc1. The monoisotopic (exact) mass is 324 g/mol. The van der Waals surface area contributed by atoms with Crippen LogP contribution in [0.2, 0.25) is 0 Å². The molecule has 1 amide bonds. The highest BCUT2D eigenvalue weighted by molar-refractivity contribution is 5.97. The number of carbonyl (C=O) groups is 2. The van der Waals surface area contributed by atoms with Crippen LogP contribution in [0, 0.1) is 5.82 Å². The molecule has 0 aliphatic carbocycles. The smallest absolute Gasteiger partial charge is 0.277 e. The van der Waals surface area contributed by atoms with E-state index in [1.165, 1.54) is 12.1 Å².